The molecule has 4 unspecified atom stereocenters. The first kappa shape index (κ1) is 34.9. The van der Waals surface area contributed by atoms with Crippen LogP contribution in [-0.2, 0) is 9.47 Å². The summed E-state index contributed by atoms with van der Waals surface area (Å²) in [5.74, 6) is 1.09. The number of anilines is 1. The molecule has 2 aromatic carbocycles. The number of likely N-dealkylation sites (tertiary alicyclic amines) is 1. The molecule has 11 nitrogen and oxygen atoms in total. The van der Waals surface area contributed by atoms with Crippen LogP contribution in [-0.4, -0.2) is 112 Å². The van der Waals surface area contributed by atoms with Crippen LogP contribution < -0.4 is 9.64 Å². The Balaban J connectivity index is 1.20. The average Bonchev–Trinajstić information content (AvgIpc) is 3.29. The van der Waals surface area contributed by atoms with E-state index in [9.17, 15) is 19.7 Å². The van der Waals surface area contributed by atoms with Crippen LogP contribution in [0.1, 0.15) is 50.5 Å². The molecule has 3 saturated heterocycles. The molecule has 13 heteroatoms. The van der Waals surface area contributed by atoms with Gasteiger partial charge < -0.3 is 34.4 Å². The molecule has 1 aliphatic carbocycles. The second-order valence-corrected chi connectivity index (χ2v) is 14.7. The second kappa shape index (κ2) is 14.3. The topological polar surface area (TPSA) is 134 Å². The van der Waals surface area contributed by atoms with Crippen molar-refractivity contribution >= 4 is 27.5 Å². The number of phenolic OH excluding ortho intramolecular Hbond substituents is 1. The van der Waals surface area contributed by atoms with Crippen molar-refractivity contribution in [2.45, 2.75) is 69.2 Å². The van der Waals surface area contributed by atoms with E-state index in [-0.39, 0.29) is 70.1 Å². The van der Waals surface area contributed by atoms with Crippen molar-refractivity contribution in [3.63, 3.8) is 0 Å². The van der Waals surface area contributed by atoms with E-state index in [1.165, 1.54) is 30.5 Å². The molecule has 2 aromatic heterocycles. The minimum absolute atomic E-state index is 0.00704. The number of ether oxygens (including phenoxy) is 3. The number of hydrogen-bond acceptors (Lipinski definition) is 11. The van der Waals surface area contributed by atoms with Crippen LogP contribution in [0, 0.1) is 29.4 Å². The molecule has 0 amide bonds. The minimum atomic E-state index is -0.812. The summed E-state index contributed by atoms with van der Waals surface area (Å²) in [5, 5.41) is 32.4. The van der Waals surface area contributed by atoms with Crippen molar-refractivity contribution in [2.24, 2.45) is 5.41 Å². The standard InChI is InChI=1S/C39H43F2N5O6/c1-2-28-31(40)9-6-23-15-26(48)16-29(33(23)28)35-34(41)36-30(17-42-35)37(45-13-14-50-21-27(49)18-45)44-38(43-36)52-22-39-10-3-5-32(39)46(12-4-11-39)24-7-8-25(47)20-51-19-24/h1,6,9,15-17,24-25,27,32,47-49H,3-5,7-8,10-14,18-22H2/t24?,25-,27?,32?,39?/m0/s1. The van der Waals surface area contributed by atoms with Crippen molar-refractivity contribution in [1.82, 2.24) is 19.9 Å². The smallest absolute Gasteiger partial charge is 0.319 e. The predicted molar refractivity (Wildman–Crippen MR) is 190 cm³/mol. The summed E-state index contributed by atoms with van der Waals surface area (Å²) in [4.78, 5) is 18.3. The third-order valence-electron chi connectivity index (χ3n) is 11.4. The van der Waals surface area contributed by atoms with Crippen molar-refractivity contribution in [2.75, 3.05) is 57.6 Å². The van der Waals surface area contributed by atoms with Crippen LogP contribution in [0.15, 0.2) is 30.5 Å². The maximum Gasteiger partial charge on any atom is 0.319 e. The molecule has 3 aliphatic heterocycles. The number of fused-ring (bicyclic) bond motifs is 3. The number of rotatable bonds is 6. The number of hydrogen-bond donors (Lipinski definition) is 3. The fraction of sp³-hybridized carbons (Fsp3) is 0.513. The van der Waals surface area contributed by atoms with Gasteiger partial charge in [0.2, 0.25) is 0 Å². The van der Waals surface area contributed by atoms with Crippen LogP contribution in [0.4, 0.5) is 14.6 Å². The average molecular weight is 716 g/mol. The molecule has 52 heavy (non-hydrogen) atoms. The first-order valence-electron chi connectivity index (χ1n) is 18.2. The summed E-state index contributed by atoms with van der Waals surface area (Å²) in [6.45, 7) is 3.30. The molecule has 5 atom stereocenters. The Kier molecular flexibility index (Phi) is 9.61. The molecule has 274 valence electrons. The van der Waals surface area contributed by atoms with Gasteiger partial charge in [-0.1, -0.05) is 18.4 Å². The fourth-order valence-corrected chi connectivity index (χ4v) is 8.99. The highest BCUT2D eigenvalue weighted by Crippen LogP contribution is 2.49. The van der Waals surface area contributed by atoms with Gasteiger partial charge in [-0.15, -0.1) is 6.42 Å². The summed E-state index contributed by atoms with van der Waals surface area (Å²) in [6.07, 6.45) is 12.5. The number of halogens is 2. The molecule has 1 saturated carbocycles. The number of aromatic nitrogens is 3. The SMILES string of the molecule is C#Cc1c(F)ccc2cc(O)cc(-c3ncc4c(N5CCOCC(O)C5)nc(OCC56CCCC5N(C5CC[C@H](O)COC5)CCC6)nc4c3F)c12. The number of aromatic hydroxyl groups is 1. The molecule has 4 fully saturated rings. The molecule has 4 aromatic rings. The lowest BCUT2D eigenvalue weighted by atomic mass is 9.75. The third-order valence-corrected chi connectivity index (χ3v) is 11.4. The number of aliphatic hydroxyl groups excluding tert-OH is 2. The Hall–Kier alpha value is -4.19. The number of pyridine rings is 1. The van der Waals surface area contributed by atoms with Crippen LogP contribution in [0.5, 0.6) is 11.8 Å². The number of terminal acetylenes is 1. The van der Waals surface area contributed by atoms with Gasteiger partial charge in [0.05, 0.1) is 56.2 Å². The largest absolute Gasteiger partial charge is 0.508 e. The Labute approximate surface area is 300 Å². The second-order valence-electron chi connectivity index (χ2n) is 14.7. The van der Waals surface area contributed by atoms with E-state index >= 15 is 4.39 Å². The number of β-amino-alcohol motifs (C(OH)–C–C–N with tert-alkyl or cyclic N) is 1. The number of phenols is 1. The molecule has 3 N–H and O–H groups in total. The van der Waals surface area contributed by atoms with Gasteiger partial charge in [0.1, 0.15) is 28.6 Å². The van der Waals surface area contributed by atoms with Gasteiger partial charge in [-0.05, 0) is 68.7 Å². The van der Waals surface area contributed by atoms with Crippen molar-refractivity contribution in [3.8, 4) is 35.4 Å². The highest BCUT2D eigenvalue weighted by Gasteiger charge is 2.50. The zero-order valence-electron chi connectivity index (χ0n) is 28.9. The Morgan fingerprint density at radius 1 is 1.00 bits per heavy atom. The van der Waals surface area contributed by atoms with E-state index in [0.29, 0.717) is 56.0 Å². The van der Waals surface area contributed by atoms with Gasteiger partial charge >= 0.3 is 6.01 Å². The van der Waals surface area contributed by atoms with Gasteiger partial charge in [-0.3, -0.25) is 9.88 Å². The molecule has 5 heterocycles. The lowest BCUT2D eigenvalue weighted by molar-refractivity contribution is -0.0425. The Bertz CT molecular complexity index is 2030. The van der Waals surface area contributed by atoms with E-state index in [0.717, 1.165) is 45.1 Å². The zero-order chi connectivity index (χ0) is 36.0. The lowest BCUT2D eigenvalue weighted by Crippen LogP contribution is -2.56. The Morgan fingerprint density at radius 2 is 1.85 bits per heavy atom. The number of nitrogens with zero attached hydrogens (tertiary/aromatic N) is 5. The molecule has 0 bridgehead atoms. The molecule has 4 aliphatic rings. The van der Waals surface area contributed by atoms with E-state index in [1.807, 2.05) is 4.90 Å². The monoisotopic (exact) mass is 715 g/mol. The quantitative estimate of drug-likeness (QED) is 0.243. The van der Waals surface area contributed by atoms with Crippen LogP contribution in [0.2, 0.25) is 0 Å². The lowest BCUT2D eigenvalue weighted by Gasteiger charge is -2.49. The molecule has 0 radical (unpaired) electrons. The van der Waals surface area contributed by atoms with E-state index in [4.69, 9.17) is 25.6 Å². The maximum atomic E-state index is 17.0. The normalized spacial score (nSPS) is 27.2. The van der Waals surface area contributed by atoms with Crippen molar-refractivity contribution in [1.29, 1.82) is 0 Å². The highest BCUT2D eigenvalue weighted by atomic mass is 19.1. The fourth-order valence-electron chi connectivity index (χ4n) is 8.99. The third kappa shape index (κ3) is 6.41. The zero-order valence-corrected chi connectivity index (χ0v) is 28.9. The Morgan fingerprint density at radius 3 is 2.71 bits per heavy atom. The minimum Gasteiger partial charge on any atom is -0.508 e. The summed E-state index contributed by atoms with van der Waals surface area (Å²) < 4.78 is 49.9. The summed E-state index contributed by atoms with van der Waals surface area (Å²) in [6, 6.07) is 5.91. The molecular formula is C39H43F2N5O6. The first-order chi connectivity index (χ1) is 25.2. The van der Waals surface area contributed by atoms with Crippen molar-refractivity contribution in [3.05, 3.63) is 47.7 Å². The van der Waals surface area contributed by atoms with Crippen molar-refractivity contribution < 1.29 is 38.3 Å². The number of piperidine rings is 1. The van der Waals surface area contributed by atoms with Gasteiger partial charge in [-0.25, -0.2) is 8.78 Å². The van der Waals surface area contributed by atoms with E-state index in [2.05, 4.69) is 20.8 Å². The predicted octanol–water partition coefficient (Wildman–Crippen LogP) is 4.56. The van der Waals surface area contributed by atoms with Crippen LogP contribution >= 0.6 is 0 Å². The van der Waals surface area contributed by atoms with Crippen LogP contribution in [0.3, 0.4) is 0 Å². The highest BCUT2D eigenvalue weighted by molar-refractivity contribution is 6.03. The van der Waals surface area contributed by atoms with Gasteiger partial charge in [-0.2, -0.15) is 9.97 Å². The van der Waals surface area contributed by atoms with Gasteiger partial charge in [0.15, 0.2) is 5.82 Å². The van der Waals surface area contributed by atoms with Gasteiger partial charge in [0, 0.05) is 47.7 Å². The number of benzene rings is 2. The molecule has 0 spiro atoms. The van der Waals surface area contributed by atoms with E-state index in [1.54, 1.807) is 0 Å². The maximum absolute atomic E-state index is 17.0. The van der Waals surface area contributed by atoms with Crippen LogP contribution in [0.25, 0.3) is 32.9 Å². The number of aliphatic hydroxyl groups is 2. The molecular weight excluding hydrogens is 672 g/mol. The summed E-state index contributed by atoms with van der Waals surface area (Å²) in [7, 11) is 0. The van der Waals surface area contributed by atoms with Gasteiger partial charge in [0.25, 0.3) is 0 Å². The molecule has 8 rings (SSSR count). The summed E-state index contributed by atoms with van der Waals surface area (Å²) >= 11 is 0. The summed E-state index contributed by atoms with van der Waals surface area (Å²) in [5.41, 5.74) is -0.351. The van der Waals surface area contributed by atoms with E-state index < -0.39 is 23.8 Å². The first-order valence-corrected chi connectivity index (χ1v) is 18.2.